The summed E-state index contributed by atoms with van der Waals surface area (Å²) in [6.45, 7) is 0. The van der Waals surface area contributed by atoms with Gasteiger partial charge in [0.05, 0.1) is 0 Å². The molecule has 1 rings (SSSR count). The standard InChI is InChI=1S/C9H5BrF4O2/c10-5-2-7(12)6(11)1-4(5)3-9(13,14)8(15)16/h1-2H,3H2,(H,15,16). The first kappa shape index (κ1) is 13.0. The predicted molar refractivity (Wildman–Crippen MR) is 50.3 cm³/mol. The third-order valence-corrected chi connectivity index (χ3v) is 2.55. The first-order chi connectivity index (χ1) is 7.24. The summed E-state index contributed by atoms with van der Waals surface area (Å²) < 4.78 is 50.9. The number of carboxylic acids is 1. The smallest absolute Gasteiger partial charge is 0.374 e. The highest BCUT2D eigenvalue weighted by atomic mass is 79.9. The highest BCUT2D eigenvalue weighted by Gasteiger charge is 2.39. The van der Waals surface area contributed by atoms with Crippen LogP contribution in [0.15, 0.2) is 16.6 Å². The van der Waals surface area contributed by atoms with Gasteiger partial charge in [0.25, 0.3) is 0 Å². The minimum Gasteiger partial charge on any atom is -0.477 e. The maximum atomic E-state index is 12.8. The summed E-state index contributed by atoms with van der Waals surface area (Å²) in [6, 6.07) is 1.21. The molecule has 0 aliphatic carbocycles. The van der Waals surface area contributed by atoms with Crippen LogP contribution in [0.25, 0.3) is 0 Å². The van der Waals surface area contributed by atoms with Gasteiger partial charge in [0.15, 0.2) is 11.6 Å². The van der Waals surface area contributed by atoms with Gasteiger partial charge in [0, 0.05) is 10.9 Å². The number of hydrogen-bond acceptors (Lipinski definition) is 1. The van der Waals surface area contributed by atoms with Crippen LogP contribution < -0.4 is 0 Å². The largest absolute Gasteiger partial charge is 0.477 e. The highest BCUT2D eigenvalue weighted by molar-refractivity contribution is 9.10. The Labute approximate surface area is 96.0 Å². The minimum atomic E-state index is -4.02. The van der Waals surface area contributed by atoms with Crippen LogP contribution in [0.4, 0.5) is 17.6 Å². The van der Waals surface area contributed by atoms with Gasteiger partial charge in [0.2, 0.25) is 0 Å². The number of alkyl halides is 2. The van der Waals surface area contributed by atoms with Crippen molar-refractivity contribution in [3.05, 3.63) is 33.8 Å². The van der Waals surface area contributed by atoms with Crippen molar-refractivity contribution in [3.8, 4) is 0 Å². The summed E-state index contributed by atoms with van der Waals surface area (Å²) in [7, 11) is 0. The lowest BCUT2D eigenvalue weighted by Crippen LogP contribution is -2.30. The average molecular weight is 301 g/mol. The summed E-state index contributed by atoms with van der Waals surface area (Å²) >= 11 is 2.75. The molecule has 0 atom stereocenters. The first-order valence-corrected chi connectivity index (χ1v) is 4.78. The quantitative estimate of drug-likeness (QED) is 0.688. The molecule has 0 saturated heterocycles. The molecule has 0 saturated carbocycles. The Morgan fingerprint density at radius 2 is 1.81 bits per heavy atom. The van der Waals surface area contributed by atoms with Gasteiger partial charge in [0.1, 0.15) is 0 Å². The van der Waals surface area contributed by atoms with Crippen molar-refractivity contribution in [2.24, 2.45) is 0 Å². The molecule has 0 aromatic heterocycles. The van der Waals surface area contributed by atoms with Crippen LogP contribution >= 0.6 is 15.9 Å². The molecule has 7 heteroatoms. The molecule has 0 aliphatic heterocycles. The number of carbonyl (C=O) groups is 1. The fourth-order valence-corrected chi connectivity index (χ4v) is 1.47. The Hall–Kier alpha value is -1.11. The maximum absolute atomic E-state index is 12.8. The Balaban J connectivity index is 3.07. The summed E-state index contributed by atoms with van der Waals surface area (Å²) in [6.07, 6.45) is -1.21. The Morgan fingerprint density at radius 1 is 1.31 bits per heavy atom. The molecule has 0 fully saturated rings. The molecule has 1 aromatic rings. The van der Waals surface area contributed by atoms with E-state index in [2.05, 4.69) is 15.9 Å². The van der Waals surface area contributed by atoms with Gasteiger partial charge < -0.3 is 5.11 Å². The number of aliphatic carboxylic acids is 1. The van der Waals surface area contributed by atoms with Crippen molar-refractivity contribution in [1.82, 2.24) is 0 Å². The molecule has 1 N–H and O–H groups in total. The third kappa shape index (κ3) is 2.72. The van der Waals surface area contributed by atoms with E-state index in [4.69, 9.17) is 5.11 Å². The summed E-state index contributed by atoms with van der Waals surface area (Å²) in [5, 5.41) is 8.18. The monoisotopic (exact) mass is 300 g/mol. The average Bonchev–Trinajstić information content (AvgIpc) is 2.13. The Morgan fingerprint density at radius 3 is 2.31 bits per heavy atom. The van der Waals surface area contributed by atoms with E-state index in [1.807, 2.05) is 0 Å². The van der Waals surface area contributed by atoms with Crippen molar-refractivity contribution in [2.75, 3.05) is 0 Å². The molecule has 88 valence electrons. The summed E-state index contributed by atoms with van der Waals surface area (Å²) in [4.78, 5) is 10.2. The molecule has 0 radical (unpaired) electrons. The first-order valence-electron chi connectivity index (χ1n) is 3.98. The predicted octanol–water partition coefficient (Wildman–Crippen LogP) is 2.99. The molecule has 16 heavy (non-hydrogen) atoms. The lowest BCUT2D eigenvalue weighted by Gasteiger charge is -2.12. The molecule has 0 heterocycles. The number of hydrogen-bond donors (Lipinski definition) is 1. The zero-order valence-electron chi connectivity index (χ0n) is 7.61. The van der Waals surface area contributed by atoms with E-state index >= 15 is 0 Å². The number of rotatable bonds is 3. The molecular formula is C9H5BrF4O2. The second kappa shape index (κ2) is 4.40. The maximum Gasteiger partial charge on any atom is 0.374 e. The summed E-state index contributed by atoms with van der Waals surface area (Å²) in [5.74, 6) is -8.84. The minimum absolute atomic E-state index is 0.104. The van der Waals surface area contributed by atoms with Crippen LogP contribution in [0.5, 0.6) is 0 Å². The van der Waals surface area contributed by atoms with E-state index in [1.165, 1.54) is 0 Å². The van der Waals surface area contributed by atoms with Crippen molar-refractivity contribution in [2.45, 2.75) is 12.3 Å². The molecule has 0 bridgehead atoms. The third-order valence-electron chi connectivity index (χ3n) is 1.81. The summed E-state index contributed by atoms with van der Waals surface area (Å²) in [5.41, 5.74) is -0.314. The molecule has 0 aliphatic rings. The molecule has 2 nitrogen and oxygen atoms in total. The molecule has 0 amide bonds. The van der Waals surface area contributed by atoms with Gasteiger partial charge in [-0.15, -0.1) is 0 Å². The normalized spacial score (nSPS) is 11.6. The van der Waals surface area contributed by atoms with Gasteiger partial charge in [-0.25, -0.2) is 13.6 Å². The van der Waals surface area contributed by atoms with Crippen molar-refractivity contribution < 1.29 is 27.5 Å². The van der Waals surface area contributed by atoms with Crippen LogP contribution in [0.1, 0.15) is 5.56 Å². The Bertz CT molecular complexity index is 434. The van der Waals surface area contributed by atoms with E-state index in [0.29, 0.717) is 12.1 Å². The van der Waals surface area contributed by atoms with E-state index in [1.54, 1.807) is 0 Å². The molecule has 1 aromatic carbocycles. The van der Waals surface area contributed by atoms with Crippen molar-refractivity contribution in [1.29, 1.82) is 0 Å². The van der Waals surface area contributed by atoms with Crippen molar-refractivity contribution in [3.63, 3.8) is 0 Å². The van der Waals surface area contributed by atoms with Crippen LogP contribution in [0.2, 0.25) is 0 Å². The van der Waals surface area contributed by atoms with E-state index in [0.717, 1.165) is 0 Å². The zero-order chi connectivity index (χ0) is 12.5. The SMILES string of the molecule is O=C(O)C(F)(F)Cc1cc(F)c(F)cc1Br. The molecular weight excluding hydrogens is 296 g/mol. The topological polar surface area (TPSA) is 37.3 Å². The number of halogens is 5. The van der Waals surface area contributed by atoms with Gasteiger partial charge in [-0.2, -0.15) is 8.78 Å². The number of benzene rings is 1. The second-order valence-corrected chi connectivity index (χ2v) is 3.90. The van der Waals surface area contributed by atoms with E-state index in [9.17, 15) is 22.4 Å². The molecule has 0 unspecified atom stereocenters. The van der Waals surface area contributed by atoms with Crippen LogP contribution in [0, 0.1) is 11.6 Å². The fourth-order valence-electron chi connectivity index (χ4n) is 1.01. The van der Waals surface area contributed by atoms with Crippen LogP contribution in [-0.2, 0) is 11.2 Å². The van der Waals surface area contributed by atoms with E-state index in [-0.39, 0.29) is 10.0 Å². The second-order valence-electron chi connectivity index (χ2n) is 3.04. The lowest BCUT2D eigenvalue weighted by atomic mass is 10.1. The van der Waals surface area contributed by atoms with Gasteiger partial charge in [-0.3, -0.25) is 0 Å². The lowest BCUT2D eigenvalue weighted by molar-refractivity contribution is -0.164. The zero-order valence-corrected chi connectivity index (χ0v) is 9.19. The van der Waals surface area contributed by atoms with Gasteiger partial charge in [-0.1, -0.05) is 15.9 Å². The van der Waals surface area contributed by atoms with Crippen molar-refractivity contribution >= 4 is 21.9 Å². The number of carboxylic acid groups (broad SMARTS) is 1. The molecule has 0 spiro atoms. The van der Waals surface area contributed by atoms with Gasteiger partial charge >= 0.3 is 11.9 Å². The van der Waals surface area contributed by atoms with E-state index < -0.39 is 29.9 Å². The Kier molecular flexibility index (Phi) is 3.57. The van der Waals surface area contributed by atoms with Crippen LogP contribution in [0.3, 0.4) is 0 Å². The highest BCUT2D eigenvalue weighted by Crippen LogP contribution is 2.27. The van der Waals surface area contributed by atoms with Crippen LogP contribution in [-0.4, -0.2) is 17.0 Å². The van der Waals surface area contributed by atoms with Gasteiger partial charge in [-0.05, 0) is 17.7 Å². The fraction of sp³-hybridized carbons (Fsp3) is 0.222.